The molecule has 2 nitrogen and oxygen atoms in total. The van der Waals surface area contributed by atoms with Crippen molar-refractivity contribution in [2.45, 2.75) is 52.1 Å². The van der Waals surface area contributed by atoms with Gasteiger partial charge in [0.15, 0.2) is 5.78 Å². The predicted molar refractivity (Wildman–Crippen MR) is 85.0 cm³/mol. The molecule has 0 fully saturated rings. The third-order valence-electron chi connectivity index (χ3n) is 3.20. The van der Waals surface area contributed by atoms with Crippen molar-refractivity contribution in [2.75, 3.05) is 6.61 Å². The van der Waals surface area contributed by atoms with Crippen molar-refractivity contribution in [3.05, 3.63) is 33.8 Å². The fourth-order valence-electron chi connectivity index (χ4n) is 1.91. The predicted octanol–water partition coefficient (Wildman–Crippen LogP) is 5.55. The highest BCUT2D eigenvalue weighted by atomic mass is 35.5. The lowest BCUT2D eigenvalue weighted by molar-refractivity contribution is 0.0483. The van der Waals surface area contributed by atoms with Crippen LogP contribution in [0.25, 0.3) is 0 Å². The number of unbranched alkanes of at least 4 members (excludes halogenated alkanes) is 3. The van der Waals surface area contributed by atoms with Crippen LogP contribution in [0.4, 0.5) is 0 Å². The number of hydrogen-bond acceptors (Lipinski definition) is 2. The highest BCUT2D eigenvalue weighted by Crippen LogP contribution is 2.22. The number of Topliss-reactive ketones (excluding diaryl/α,β-unsaturated/α-hetero) is 1. The Morgan fingerprint density at radius 1 is 1.20 bits per heavy atom. The van der Waals surface area contributed by atoms with Crippen LogP contribution >= 0.6 is 23.2 Å². The maximum atomic E-state index is 12.0. The van der Waals surface area contributed by atoms with Gasteiger partial charge in [0.2, 0.25) is 0 Å². The largest absolute Gasteiger partial charge is 0.370 e. The second-order valence-corrected chi connectivity index (χ2v) is 5.84. The second kappa shape index (κ2) is 9.38. The molecule has 0 radical (unpaired) electrons. The molecule has 0 aliphatic carbocycles. The van der Waals surface area contributed by atoms with E-state index in [1.54, 1.807) is 18.2 Å². The summed E-state index contributed by atoms with van der Waals surface area (Å²) in [5.74, 6) is -0.0658. The van der Waals surface area contributed by atoms with E-state index in [-0.39, 0.29) is 18.5 Å². The van der Waals surface area contributed by atoms with Crippen molar-refractivity contribution in [3.63, 3.8) is 0 Å². The molecule has 0 heterocycles. The Balaban J connectivity index is 2.33. The van der Waals surface area contributed by atoms with E-state index >= 15 is 0 Å². The third-order valence-corrected chi connectivity index (χ3v) is 3.94. The minimum atomic E-state index is -0.0658. The van der Waals surface area contributed by atoms with Crippen molar-refractivity contribution in [1.82, 2.24) is 0 Å². The van der Waals surface area contributed by atoms with E-state index in [1.807, 2.05) is 6.92 Å². The van der Waals surface area contributed by atoms with Crippen molar-refractivity contribution in [1.29, 1.82) is 0 Å². The molecule has 20 heavy (non-hydrogen) atoms. The van der Waals surface area contributed by atoms with Gasteiger partial charge in [0.25, 0.3) is 0 Å². The van der Waals surface area contributed by atoms with Gasteiger partial charge >= 0.3 is 0 Å². The summed E-state index contributed by atoms with van der Waals surface area (Å²) in [6.07, 6.45) is 5.97. The summed E-state index contributed by atoms with van der Waals surface area (Å²) in [7, 11) is 0. The number of ether oxygens (including phenoxy) is 1. The SMILES string of the molecule is CCCCCCC(C)OCC(=O)c1ccc(Cl)c(Cl)c1. The normalized spacial score (nSPS) is 12.4. The summed E-state index contributed by atoms with van der Waals surface area (Å²) in [4.78, 5) is 12.0. The molecule has 1 atom stereocenters. The molecule has 0 bridgehead atoms. The molecule has 112 valence electrons. The van der Waals surface area contributed by atoms with E-state index in [0.29, 0.717) is 15.6 Å². The number of hydrogen-bond donors (Lipinski definition) is 0. The molecular formula is C16H22Cl2O2. The second-order valence-electron chi connectivity index (χ2n) is 5.02. The highest BCUT2D eigenvalue weighted by molar-refractivity contribution is 6.42. The molecule has 0 saturated heterocycles. The van der Waals surface area contributed by atoms with E-state index in [0.717, 1.165) is 12.8 Å². The first kappa shape index (κ1) is 17.5. The van der Waals surface area contributed by atoms with Crippen LogP contribution in [0, 0.1) is 0 Å². The fraction of sp³-hybridized carbons (Fsp3) is 0.562. The van der Waals surface area contributed by atoms with Gasteiger partial charge in [-0.05, 0) is 31.5 Å². The summed E-state index contributed by atoms with van der Waals surface area (Å²) in [6, 6.07) is 4.89. The van der Waals surface area contributed by atoms with Gasteiger partial charge in [0.1, 0.15) is 6.61 Å². The van der Waals surface area contributed by atoms with Crippen LogP contribution in [-0.2, 0) is 4.74 Å². The first-order valence-electron chi connectivity index (χ1n) is 7.14. The fourth-order valence-corrected chi connectivity index (χ4v) is 2.21. The van der Waals surface area contributed by atoms with E-state index < -0.39 is 0 Å². The number of ketones is 1. The Kier molecular flexibility index (Phi) is 8.20. The molecule has 1 rings (SSSR count). The molecule has 0 aliphatic heterocycles. The number of carbonyl (C=O) groups is 1. The van der Waals surface area contributed by atoms with Gasteiger partial charge in [-0.25, -0.2) is 0 Å². The molecule has 1 aromatic carbocycles. The summed E-state index contributed by atoms with van der Waals surface area (Å²) in [5.41, 5.74) is 0.539. The van der Waals surface area contributed by atoms with Crippen LogP contribution in [0.2, 0.25) is 10.0 Å². The Morgan fingerprint density at radius 3 is 2.60 bits per heavy atom. The van der Waals surface area contributed by atoms with Crippen LogP contribution in [0.5, 0.6) is 0 Å². The zero-order valence-electron chi connectivity index (χ0n) is 12.1. The summed E-state index contributed by atoms with van der Waals surface area (Å²) in [6.45, 7) is 4.29. The van der Waals surface area contributed by atoms with E-state index in [1.165, 1.54) is 19.3 Å². The maximum absolute atomic E-state index is 12.0. The van der Waals surface area contributed by atoms with Crippen LogP contribution in [0.15, 0.2) is 18.2 Å². The summed E-state index contributed by atoms with van der Waals surface area (Å²) < 4.78 is 5.58. The molecule has 0 aromatic heterocycles. The maximum Gasteiger partial charge on any atom is 0.188 e. The molecule has 0 N–H and O–H groups in total. The summed E-state index contributed by atoms with van der Waals surface area (Å²) in [5, 5.41) is 0.846. The molecule has 0 saturated carbocycles. The minimum absolute atomic E-state index is 0.0658. The van der Waals surface area contributed by atoms with Crippen molar-refractivity contribution in [3.8, 4) is 0 Å². The average Bonchev–Trinajstić information content (AvgIpc) is 2.44. The lowest BCUT2D eigenvalue weighted by Gasteiger charge is -2.12. The number of benzene rings is 1. The number of rotatable bonds is 9. The van der Waals surface area contributed by atoms with Crippen LogP contribution in [0.3, 0.4) is 0 Å². The van der Waals surface area contributed by atoms with E-state index in [2.05, 4.69) is 6.92 Å². The standard InChI is InChI=1S/C16H22Cl2O2/c1-3-4-5-6-7-12(2)20-11-16(19)13-8-9-14(17)15(18)10-13/h8-10,12H,3-7,11H2,1-2H3. The Morgan fingerprint density at radius 2 is 1.95 bits per heavy atom. The van der Waals surface area contributed by atoms with Gasteiger partial charge in [-0.1, -0.05) is 55.8 Å². The van der Waals surface area contributed by atoms with Crippen LogP contribution in [0.1, 0.15) is 56.3 Å². The van der Waals surface area contributed by atoms with Gasteiger partial charge in [0, 0.05) is 5.56 Å². The Hall–Kier alpha value is -0.570. The monoisotopic (exact) mass is 316 g/mol. The zero-order valence-corrected chi connectivity index (χ0v) is 13.6. The molecule has 1 aromatic rings. The number of carbonyl (C=O) groups excluding carboxylic acids is 1. The van der Waals surface area contributed by atoms with Gasteiger partial charge < -0.3 is 4.74 Å². The zero-order chi connectivity index (χ0) is 15.0. The smallest absolute Gasteiger partial charge is 0.188 e. The van der Waals surface area contributed by atoms with Crippen molar-refractivity contribution in [2.24, 2.45) is 0 Å². The molecule has 1 unspecified atom stereocenters. The van der Waals surface area contributed by atoms with E-state index in [4.69, 9.17) is 27.9 Å². The molecular weight excluding hydrogens is 295 g/mol. The minimum Gasteiger partial charge on any atom is -0.370 e. The topological polar surface area (TPSA) is 26.3 Å². The first-order valence-corrected chi connectivity index (χ1v) is 7.90. The Labute approximate surface area is 131 Å². The third kappa shape index (κ3) is 6.25. The van der Waals surface area contributed by atoms with Gasteiger partial charge in [-0.2, -0.15) is 0 Å². The molecule has 0 spiro atoms. The van der Waals surface area contributed by atoms with Gasteiger partial charge in [0.05, 0.1) is 16.1 Å². The van der Waals surface area contributed by atoms with Gasteiger partial charge in [-0.15, -0.1) is 0 Å². The lowest BCUT2D eigenvalue weighted by Crippen LogP contribution is -2.16. The average molecular weight is 317 g/mol. The van der Waals surface area contributed by atoms with Crippen molar-refractivity contribution < 1.29 is 9.53 Å². The van der Waals surface area contributed by atoms with E-state index in [9.17, 15) is 4.79 Å². The number of halogens is 2. The lowest BCUT2D eigenvalue weighted by atomic mass is 10.1. The van der Waals surface area contributed by atoms with Gasteiger partial charge in [-0.3, -0.25) is 4.79 Å². The summed E-state index contributed by atoms with van der Waals surface area (Å²) >= 11 is 11.7. The highest BCUT2D eigenvalue weighted by Gasteiger charge is 2.10. The van der Waals surface area contributed by atoms with Crippen molar-refractivity contribution >= 4 is 29.0 Å². The molecule has 0 amide bonds. The molecule has 0 aliphatic rings. The first-order chi connectivity index (χ1) is 9.54. The van der Waals surface area contributed by atoms with Crippen LogP contribution in [-0.4, -0.2) is 18.5 Å². The molecule has 4 heteroatoms. The van der Waals surface area contributed by atoms with Crippen LogP contribution < -0.4 is 0 Å². The Bertz CT molecular complexity index is 432. The quantitative estimate of drug-likeness (QED) is 0.441.